The summed E-state index contributed by atoms with van der Waals surface area (Å²) in [6.45, 7) is 0. The molecule has 2 rings (SSSR count). The highest BCUT2D eigenvalue weighted by Gasteiger charge is 2.03. The first kappa shape index (κ1) is 10.7. The fourth-order valence-corrected chi connectivity index (χ4v) is 1.34. The number of hydrogen-bond donors (Lipinski definition) is 1. The summed E-state index contributed by atoms with van der Waals surface area (Å²) in [7, 11) is 0. The highest BCUT2D eigenvalue weighted by molar-refractivity contribution is 6.30. The number of nitrogen functional groups attached to an aromatic ring is 1. The summed E-state index contributed by atoms with van der Waals surface area (Å²) < 4.78 is 18.3. The van der Waals surface area contributed by atoms with Crippen LogP contribution in [-0.2, 0) is 0 Å². The Labute approximate surface area is 96.6 Å². The molecule has 0 fully saturated rings. The third-order valence-corrected chi connectivity index (χ3v) is 2.17. The molecule has 2 N–H and O–H groups in total. The third-order valence-electron chi connectivity index (χ3n) is 1.88. The van der Waals surface area contributed by atoms with E-state index in [4.69, 9.17) is 22.1 Å². The minimum absolute atomic E-state index is 0.0135. The molecule has 0 saturated carbocycles. The van der Waals surface area contributed by atoms with Crippen LogP contribution in [0, 0.1) is 5.82 Å². The van der Waals surface area contributed by atoms with Gasteiger partial charge in [0.2, 0.25) is 0 Å². The molecule has 1 aromatic carbocycles. The summed E-state index contributed by atoms with van der Waals surface area (Å²) in [5, 5.41) is 0.0135. The van der Waals surface area contributed by atoms with E-state index in [9.17, 15) is 4.39 Å². The van der Waals surface area contributed by atoms with Crippen molar-refractivity contribution in [3.63, 3.8) is 0 Å². The Morgan fingerprint density at radius 1 is 1.19 bits per heavy atom. The molecule has 1 aromatic heterocycles. The number of rotatable bonds is 2. The topological polar surface area (TPSA) is 48.1 Å². The van der Waals surface area contributed by atoms with Gasteiger partial charge in [-0.3, -0.25) is 0 Å². The summed E-state index contributed by atoms with van der Waals surface area (Å²) in [6.07, 6.45) is 1.52. The van der Waals surface area contributed by atoms with Crippen LogP contribution in [0.2, 0.25) is 5.02 Å². The van der Waals surface area contributed by atoms with Gasteiger partial charge in [-0.2, -0.15) is 0 Å². The Kier molecular flexibility index (Phi) is 2.92. The standard InChI is InChI=1S/C11H8ClFN2O/c12-9-5-7(1-2-10(9)13)16-8-3-4-15-11(14)6-8/h1-6H,(H2,14,15). The second-order valence-corrected chi connectivity index (χ2v) is 3.50. The number of ether oxygens (including phenoxy) is 1. The number of nitrogens with two attached hydrogens (primary N) is 1. The van der Waals surface area contributed by atoms with Gasteiger partial charge >= 0.3 is 0 Å². The van der Waals surface area contributed by atoms with E-state index in [1.54, 1.807) is 12.1 Å². The van der Waals surface area contributed by atoms with Gasteiger partial charge in [-0.25, -0.2) is 9.37 Å². The largest absolute Gasteiger partial charge is 0.457 e. The molecule has 0 unspecified atom stereocenters. The second kappa shape index (κ2) is 4.37. The van der Waals surface area contributed by atoms with Gasteiger partial charge in [-0.05, 0) is 18.2 Å². The van der Waals surface area contributed by atoms with Gasteiger partial charge in [0.25, 0.3) is 0 Å². The molecule has 1 heterocycles. The highest BCUT2D eigenvalue weighted by atomic mass is 35.5. The number of halogens is 2. The molecule has 0 aliphatic carbocycles. The zero-order valence-corrected chi connectivity index (χ0v) is 8.91. The summed E-state index contributed by atoms with van der Waals surface area (Å²) in [5.41, 5.74) is 5.49. The fourth-order valence-electron chi connectivity index (χ4n) is 1.17. The van der Waals surface area contributed by atoms with Gasteiger partial charge in [0.1, 0.15) is 23.1 Å². The maximum Gasteiger partial charge on any atom is 0.142 e. The zero-order valence-electron chi connectivity index (χ0n) is 8.15. The van der Waals surface area contributed by atoms with Crippen molar-refractivity contribution in [3.8, 4) is 11.5 Å². The van der Waals surface area contributed by atoms with Crippen LogP contribution < -0.4 is 10.5 Å². The molecule has 0 spiro atoms. The maximum absolute atomic E-state index is 12.9. The van der Waals surface area contributed by atoms with Crippen LogP contribution in [-0.4, -0.2) is 4.98 Å². The fraction of sp³-hybridized carbons (Fsp3) is 0. The van der Waals surface area contributed by atoms with Gasteiger partial charge in [0, 0.05) is 18.3 Å². The minimum Gasteiger partial charge on any atom is -0.457 e. The lowest BCUT2D eigenvalue weighted by Gasteiger charge is -2.06. The average molecular weight is 239 g/mol. The molecule has 0 radical (unpaired) electrons. The summed E-state index contributed by atoms with van der Waals surface area (Å²) >= 11 is 5.62. The van der Waals surface area contributed by atoms with E-state index < -0.39 is 5.82 Å². The lowest BCUT2D eigenvalue weighted by molar-refractivity contribution is 0.480. The van der Waals surface area contributed by atoms with E-state index in [2.05, 4.69) is 4.98 Å². The molecule has 3 nitrogen and oxygen atoms in total. The lowest BCUT2D eigenvalue weighted by atomic mass is 10.3. The monoisotopic (exact) mass is 238 g/mol. The van der Waals surface area contributed by atoms with Crippen LogP contribution >= 0.6 is 11.6 Å². The van der Waals surface area contributed by atoms with Crippen LogP contribution in [0.4, 0.5) is 10.2 Å². The van der Waals surface area contributed by atoms with Gasteiger partial charge in [0.15, 0.2) is 0 Å². The lowest BCUT2D eigenvalue weighted by Crippen LogP contribution is -1.91. The average Bonchev–Trinajstić information content (AvgIpc) is 2.24. The van der Waals surface area contributed by atoms with Crippen molar-refractivity contribution in [2.45, 2.75) is 0 Å². The third kappa shape index (κ3) is 2.41. The summed E-state index contributed by atoms with van der Waals surface area (Å²) in [5.74, 6) is 0.834. The Hall–Kier alpha value is -1.81. The van der Waals surface area contributed by atoms with Crippen LogP contribution in [0.5, 0.6) is 11.5 Å². The summed E-state index contributed by atoms with van der Waals surface area (Å²) in [4.78, 5) is 3.82. The van der Waals surface area contributed by atoms with E-state index in [0.717, 1.165) is 0 Å². The Morgan fingerprint density at radius 3 is 2.62 bits per heavy atom. The van der Waals surface area contributed by atoms with Crippen molar-refractivity contribution in [1.82, 2.24) is 4.98 Å². The predicted molar refractivity (Wildman–Crippen MR) is 60.1 cm³/mol. The number of pyridine rings is 1. The van der Waals surface area contributed by atoms with E-state index in [-0.39, 0.29) is 5.02 Å². The number of aromatic nitrogens is 1. The molecular weight excluding hydrogens is 231 g/mol. The molecule has 0 saturated heterocycles. The molecule has 0 aliphatic rings. The van der Waals surface area contributed by atoms with Crippen molar-refractivity contribution in [2.75, 3.05) is 5.73 Å². The molecule has 0 bridgehead atoms. The molecule has 82 valence electrons. The Bertz CT molecular complexity index is 519. The van der Waals surface area contributed by atoms with Gasteiger partial charge < -0.3 is 10.5 Å². The number of benzene rings is 1. The normalized spacial score (nSPS) is 10.1. The number of hydrogen-bond acceptors (Lipinski definition) is 3. The predicted octanol–water partition coefficient (Wildman–Crippen LogP) is 3.25. The van der Waals surface area contributed by atoms with Crippen molar-refractivity contribution < 1.29 is 9.13 Å². The van der Waals surface area contributed by atoms with E-state index in [0.29, 0.717) is 17.3 Å². The van der Waals surface area contributed by atoms with Crippen LogP contribution in [0.15, 0.2) is 36.5 Å². The Morgan fingerprint density at radius 2 is 1.94 bits per heavy atom. The number of anilines is 1. The second-order valence-electron chi connectivity index (χ2n) is 3.09. The zero-order chi connectivity index (χ0) is 11.5. The van der Waals surface area contributed by atoms with E-state index in [1.165, 1.54) is 24.4 Å². The maximum atomic E-state index is 12.9. The van der Waals surface area contributed by atoms with Crippen molar-refractivity contribution in [3.05, 3.63) is 47.4 Å². The van der Waals surface area contributed by atoms with Crippen LogP contribution in [0.25, 0.3) is 0 Å². The van der Waals surface area contributed by atoms with Crippen LogP contribution in [0.1, 0.15) is 0 Å². The molecule has 5 heteroatoms. The molecule has 16 heavy (non-hydrogen) atoms. The highest BCUT2D eigenvalue weighted by Crippen LogP contribution is 2.26. The molecule has 0 amide bonds. The summed E-state index contributed by atoms with van der Waals surface area (Å²) in [6, 6.07) is 7.33. The van der Waals surface area contributed by atoms with Crippen molar-refractivity contribution >= 4 is 17.4 Å². The minimum atomic E-state index is -0.483. The van der Waals surface area contributed by atoms with Crippen LogP contribution in [0.3, 0.4) is 0 Å². The molecule has 0 aliphatic heterocycles. The first-order valence-electron chi connectivity index (χ1n) is 4.49. The SMILES string of the molecule is Nc1cc(Oc2ccc(F)c(Cl)c2)ccn1. The smallest absolute Gasteiger partial charge is 0.142 e. The van der Waals surface area contributed by atoms with E-state index in [1.807, 2.05) is 0 Å². The van der Waals surface area contributed by atoms with Crippen molar-refractivity contribution in [2.24, 2.45) is 0 Å². The van der Waals surface area contributed by atoms with Gasteiger partial charge in [-0.15, -0.1) is 0 Å². The van der Waals surface area contributed by atoms with E-state index >= 15 is 0 Å². The Balaban J connectivity index is 2.24. The first-order valence-corrected chi connectivity index (χ1v) is 4.87. The molecule has 2 aromatic rings. The van der Waals surface area contributed by atoms with Crippen molar-refractivity contribution in [1.29, 1.82) is 0 Å². The first-order chi connectivity index (χ1) is 7.65. The number of nitrogens with zero attached hydrogens (tertiary/aromatic N) is 1. The quantitative estimate of drug-likeness (QED) is 0.874. The van der Waals surface area contributed by atoms with Gasteiger partial charge in [0.05, 0.1) is 5.02 Å². The molecule has 0 atom stereocenters. The molecular formula is C11H8ClFN2O. The van der Waals surface area contributed by atoms with Gasteiger partial charge in [-0.1, -0.05) is 11.6 Å².